The molecule has 2 rings (SSSR count). The van der Waals surface area contributed by atoms with Gasteiger partial charge < -0.3 is 15.4 Å². The fourth-order valence-corrected chi connectivity index (χ4v) is 1.82. The van der Waals surface area contributed by atoms with Crippen molar-refractivity contribution in [1.82, 2.24) is 9.97 Å². The number of para-hydroxylation sites is 1. The van der Waals surface area contributed by atoms with Gasteiger partial charge in [0.25, 0.3) is 0 Å². The maximum atomic E-state index is 5.32. The lowest BCUT2D eigenvalue weighted by molar-refractivity contribution is 0.410. The highest BCUT2D eigenvalue weighted by molar-refractivity contribution is 5.48. The van der Waals surface area contributed by atoms with E-state index in [4.69, 9.17) is 4.74 Å². The van der Waals surface area contributed by atoms with Gasteiger partial charge in [-0.15, -0.1) is 0 Å². The molecule has 0 unspecified atom stereocenters. The summed E-state index contributed by atoms with van der Waals surface area (Å²) in [5.74, 6) is 3.20. The number of ether oxygens (including phenoxy) is 1. The maximum absolute atomic E-state index is 5.32. The topological polar surface area (TPSA) is 59.1 Å². The van der Waals surface area contributed by atoms with Crippen molar-refractivity contribution in [2.75, 3.05) is 24.8 Å². The Bertz CT molecular complexity index is 557. The van der Waals surface area contributed by atoms with Gasteiger partial charge >= 0.3 is 0 Å². The van der Waals surface area contributed by atoms with E-state index >= 15 is 0 Å². The van der Waals surface area contributed by atoms with Gasteiger partial charge in [-0.3, -0.25) is 0 Å². The van der Waals surface area contributed by atoms with Gasteiger partial charge in [0, 0.05) is 25.2 Å². The van der Waals surface area contributed by atoms with E-state index in [0.717, 1.165) is 28.8 Å². The molecule has 0 amide bonds. The first kappa shape index (κ1) is 13.1. The molecule has 2 N–H and O–H groups in total. The largest absolute Gasteiger partial charge is 0.496 e. The van der Waals surface area contributed by atoms with E-state index in [0.29, 0.717) is 6.54 Å². The molecule has 5 heteroatoms. The first-order valence-electron chi connectivity index (χ1n) is 6.12. The second-order valence-corrected chi connectivity index (χ2v) is 4.10. The Morgan fingerprint density at radius 3 is 2.63 bits per heavy atom. The number of rotatable bonds is 5. The number of nitrogens with one attached hydrogen (secondary N) is 2. The van der Waals surface area contributed by atoms with E-state index in [2.05, 4.69) is 20.6 Å². The minimum Gasteiger partial charge on any atom is -0.496 e. The number of aromatic nitrogens is 2. The third-order valence-corrected chi connectivity index (χ3v) is 2.75. The van der Waals surface area contributed by atoms with Crippen molar-refractivity contribution in [2.24, 2.45) is 0 Å². The summed E-state index contributed by atoms with van der Waals surface area (Å²) in [5.41, 5.74) is 1.09. The van der Waals surface area contributed by atoms with Crippen molar-refractivity contribution in [1.29, 1.82) is 0 Å². The molecule has 100 valence electrons. The molecule has 19 heavy (non-hydrogen) atoms. The van der Waals surface area contributed by atoms with Crippen LogP contribution in [-0.4, -0.2) is 24.1 Å². The number of benzene rings is 1. The molecule has 0 bridgehead atoms. The van der Waals surface area contributed by atoms with E-state index in [1.54, 1.807) is 7.11 Å². The van der Waals surface area contributed by atoms with E-state index in [1.807, 2.05) is 44.3 Å². The zero-order chi connectivity index (χ0) is 13.7. The Morgan fingerprint density at radius 2 is 1.89 bits per heavy atom. The second kappa shape index (κ2) is 6.04. The average molecular weight is 258 g/mol. The lowest BCUT2D eigenvalue weighted by Gasteiger charge is -2.11. The summed E-state index contributed by atoms with van der Waals surface area (Å²) in [4.78, 5) is 8.60. The van der Waals surface area contributed by atoms with Crippen LogP contribution in [0.25, 0.3) is 0 Å². The number of nitrogens with zero attached hydrogens (tertiary/aromatic N) is 2. The summed E-state index contributed by atoms with van der Waals surface area (Å²) < 4.78 is 5.32. The van der Waals surface area contributed by atoms with Crippen molar-refractivity contribution in [3.63, 3.8) is 0 Å². The molecule has 0 aliphatic rings. The van der Waals surface area contributed by atoms with Crippen LogP contribution in [0.4, 0.5) is 11.6 Å². The lowest BCUT2D eigenvalue weighted by atomic mass is 10.2. The van der Waals surface area contributed by atoms with Crippen LogP contribution in [0.3, 0.4) is 0 Å². The van der Waals surface area contributed by atoms with Crippen molar-refractivity contribution >= 4 is 11.6 Å². The number of aryl methyl sites for hydroxylation is 1. The highest BCUT2D eigenvalue weighted by Gasteiger charge is 2.03. The van der Waals surface area contributed by atoms with E-state index in [-0.39, 0.29) is 0 Å². The fraction of sp³-hybridized carbons (Fsp3) is 0.286. The van der Waals surface area contributed by atoms with E-state index in [9.17, 15) is 0 Å². The molecule has 5 nitrogen and oxygen atoms in total. The van der Waals surface area contributed by atoms with Crippen LogP contribution >= 0.6 is 0 Å². The zero-order valence-electron chi connectivity index (χ0n) is 11.4. The third-order valence-electron chi connectivity index (χ3n) is 2.75. The Labute approximate surface area is 113 Å². The standard InChI is InChI=1S/C14H18N4O/c1-10-17-13(15-2)8-14(18-10)16-9-11-6-4-5-7-12(11)19-3/h4-8H,9H2,1-3H3,(H2,15,16,17,18). The zero-order valence-corrected chi connectivity index (χ0v) is 11.4. The van der Waals surface area contributed by atoms with Crippen molar-refractivity contribution in [2.45, 2.75) is 13.5 Å². The summed E-state index contributed by atoms with van der Waals surface area (Å²) in [6.45, 7) is 2.53. The average Bonchev–Trinajstić information content (AvgIpc) is 2.44. The minimum absolute atomic E-state index is 0.656. The van der Waals surface area contributed by atoms with E-state index in [1.165, 1.54) is 0 Å². The van der Waals surface area contributed by atoms with Crippen molar-refractivity contribution in [3.8, 4) is 5.75 Å². The van der Waals surface area contributed by atoms with Gasteiger partial charge in [-0.2, -0.15) is 0 Å². The fourth-order valence-electron chi connectivity index (χ4n) is 1.82. The van der Waals surface area contributed by atoms with E-state index < -0.39 is 0 Å². The van der Waals surface area contributed by atoms with Gasteiger partial charge in [0.1, 0.15) is 23.2 Å². The van der Waals surface area contributed by atoms with Crippen molar-refractivity contribution < 1.29 is 4.74 Å². The molecule has 0 aliphatic heterocycles. The molecule has 0 saturated carbocycles. The Balaban J connectivity index is 2.12. The Morgan fingerprint density at radius 1 is 1.16 bits per heavy atom. The summed E-state index contributed by atoms with van der Waals surface area (Å²) >= 11 is 0. The normalized spacial score (nSPS) is 10.1. The van der Waals surface area contributed by atoms with Crippen LogP contribution in [-0.2, 0) is 6.54 Å². The minimum atomic E-state index is 0.656. The number of methoxy groups -OCH3 is 1. The van der Waals surface area contributed by atoms with Gasteiger partial charge in [-0.1, -0.05) is 18.2 Å². The molecular weight excluding hydrogens is 240 g/mol. The van der Waals surface area contributed by atoms with Crippen LogP contribution in [0.5, 0.6) is 5.75 Å². The maximum Gasteiger partial charge on any atom is 0.132 e. The molecule has 2 aromatic rings. The number of hydrogen-bond donors (Lipinski definition) is 2. The van der Waals surface area contributed by atoms with Gasteiger partial charge in [0.05, 0.1) is 7.11 Å². The van der Waals surface area contributed by atoms with Gasteiger partial charge in [-0.05, 0) is 13.0 Å². The van der Waals surface area contributed by atoms with Crippen molar-refractivity contribution in [3.05, 3.63) is 41.7 Å². The molecule has 1 heterocycles. The van der Waals surface area contributed by atoms with Gasteiger partial charge in [0.15, 0.2) is 0 Å². The van der Waals surface area contributed by atoms with Crippen LogP contribution in [0.2, 0.25) is 0 Å². The van der Waals surface area contributed by atoms with Gasteiger partial charge in [-0.25, -0.2) is 9.97 Å². The quantitative estimate of drug-likeness (QED) is 0.862. The SMILES string of the molecule is CNc1cc(NCc2ccccc2OC)nc(C)n1. The first-order valence-corrected chi connectivity index (χ1v) is 6.12. The Hall–Kier alpha value is -2.30. The molecule has 1 aromatic carbocycles. The summed E-state index contributed by atoms with van der Waals surface area (Å²) in [7, 11) is 3.51. The molecule has 0 aliphatic carbocycles. The lowest BCUT2D eigenvalue weighted by Crippen LogP contribution is -2.06. The summed E-state index contributed by atoms with van der Waals surface area (Å²) in [5, 5.41) is 6.29. The highest BCUT2D eigenvalue weighted by atomic mass is 16.5. The van der Waals surface area contributed by atoms with Crippen LogP contribution in [0, 0.1) is 6.92 Å². The second-order valence-electron chi connectivity index (χ2n) is 4.10. The monoisotopic (exact) mass is 258 g/mol. The molecular formula is C14H18N4O. The number of hydrogen-bond acceptors (Lipinski definition) is 5. The summed E-state index contributed by atoms with van der Waals surface area (Å²) in [6, 6.07) is 9.79. The highest BCUT2D eigenvalue weighted by Crippen LogP contribution is 2.19. The Kier molecular flexibility index (Phi) is 4.18. The molecule has 0 spiro atoms. The predicted octanol–water partition coefficient (Wildman–Crippen LogP) is 2.45. The summed E-state index contributed by atoms with van der Waals surface area (Å²) in [6.07, 6.45) is 0. The molecule has 0 saturated heterocycles. The smallest absolute Gasteiger partial charge is 0.132 e. The predicted molar refractivity (Wildman–Crippen MR) is 76.6 cm³/mol. The van der Waals surface area contributed by atoms with Crippen LogP contribution in [0.15, 0.2) is 30.3 Å². The molecule has 1 aromatic heterocycles. The van der Waals surface area contributed by atoms with Crippen LogP contribution < -0.4 is 15.4 Å². The molecule has 0 atom stereocenters. The molecule has 0 fully saturated rings. The number of anilines is 2. The van der Waals surface area contributed by atoms with Crippen LogP contribution in [0.1, 0.15) is 11.4 Å². The molecule has 0 radical (unpaired) electrons. The van der Waals surface area contributed by atoms with Gasteiger partial charge in [0.2, 0.25) is 0 Å². The first-order chi connectivity index (χ1) is 9.22. The third kappa shape index (κ3) is 3.34.